The molecule has 0 aliphatic heterocycles. The summed E-state index contributed by atoms with van der Waals surface area (Å²) in [5.74, 6) is 0.293. The van der Waals surface area contributed by atoms with Crippen molar-refractivity contribution in [1.29, 1.82) is 5.26 Å². The van der Waals surface area contributed by atoms with Crippen molar-refractivity contribution in [3.63, 3.8) is 0 Å². The summed E-state index contributed by atoms with van der Waals surface area (Å²) < 4.78 is 11.2. The van der Waals surface area contributed by atoms with Crippen LogP contribution in [0.25, 0.3) is 0 Å². The first-order chi connectivity index (χ1) is 6.06. The maximum Gasteiger partial charge on any atom is 0.147 e. The maximum atomic E-state index is 11.2. The van der Waals surface area contributed by atoms with Gasteiger partial charge in [0.05, 0.1) is 16.4 Å². The number of anilines is 1. The lowest BCUT2D eigenvalue weighted by Crippen LogP contribution is -2.02. The molecule has 0 bridgehead atoms. The summed E-state index contributed by atoms with van der Waals surface area (Å²) in [4.78, 5) is 3.86. The van der Waals surface area contributed by atoms with Crippen LogP contribution in [0.3, 0.4) is 0 Å². The van der Waals surface area contributed by atoms with E-state index in [4.69, 9.17) is 11.0 Å². The molecule has 0 aliphatic carbocycles. The molecule has 0 fully saturated rings. The number of nitrogen functional groups attached to an aromatic ring is 1. The van der Waals surface area contributed by atoms with Crippen molar-refractivity contribution in [3.05, 3.63) is 17.2 Å². The summed E-state index contributed by atoms with van der Waals surface area (Å²) in [5, 5.41) is 9.04. The first-order valence-corrected chi connectivity index (χ1v) is 5.12. The number of pyridine rings is 1. The zero-order valence-electron chi connectivity index (χ0n) is 7.37. The standard InChI is InChI=1S/C8H9N3OS/c1-5-3-7(10)11-8(13(2)12)6(5)4-9/h3H,1-2H3,(H2,10,11). The second kappa shape index (κ2) is 3.54. The Kier molecular flexibility index (Phi) is 2.63. The highest BCUT2D eigenvalue weighted by molar-refractivity contribution is 7.84. The van der Waals surface area contributed by atoms with Gasteiger partial charge < -0.3 is 5.73 Å². The molecule has 0 amide bonds. The smallest absolute Gasteiger partial charge is 0.147 e. The van der Waals surface area contributed by atoms with Crippen molar-refractivity contribution >= 4 is 16.6 Å². The van der Waals surface area contributed by atoms with E-state index in [9.17, 15) is 4.21 Å². The molecule has 0 saturated heterocycles. The zero-order valence-corrected chi connectivity index (χ0v) is 8.18. The average Bonchev–Trinajstić information content (AvgIpc) is 2.02. The normalized spacial score (nSPS) is 12.1. The summed E-state index contributed by atoms with van der Waals surface area (Å²) in [6.07, 6.45) is 1.47. The lowest BCUT2D eigenvalue weighted by Gasteiger charge is -2.03. The molecule has 1 unspecified atom stereocenters. The molecule has 1 aromatic rings. The van der Waals surface area contributed by atoms with E-state index in [1.807, 2.05) is 6.07 Å². The number of rotatable bonds is 1. The number of nitrogens with two attached hydrogens (primary N) is 1. The van der Waals surface area contributed by atoms with E-state index in [1.54, 1.807) is 13.0 Å². The van der Waals surface area contributed by atoms with Crippen molar-refractivity contribution in [3.8, 4) is 6.07 Å². The van der Waals surface area contributed by atoms with E-state index in [-0.39, 0.29) is 5.03 Å². The second-order valence-electron chi connectivity index (χ2n) is 2.61. The molecule has 5 heteroatoms. The summed E-state index contributed by atoms with van der Waals surface area (Å²) in [6.45, 7) is 1.74. The fraction of sp³-hybridized carbons (Fsp3) is 0.250. The molecule has 1 rings (SSSR count). The van der Waals surface area contributed by atoms with Crippen molar-refractivity contribution in [2.24, 2.45) is 0 Å². The minimum atomic E-state index is -1.27. The molecule has 1 aromatic heterocycles. The number of nitrogens with zero attached hydrogens (tertiary/aromatic N) is 2. The summed E-state index contributed by atoms with van der Waals surface area (Å²) in [5.41, 5.74) is 6.53. The van der Waals surface area contributed by atoms with Crippen LogP contribution in [-0.4, -0.2) is 15.4 Å². The molecule has 13 heavy (non-hydrogen) atoms. The van der Waals surface area contributed by atoms with Gasteiger partial charge in [0.2, 0.25) is 0 Å². The van der Waals surface area contributed by atoms with Gasteiger partial charge in [-0.15, -0.1) is 0 Å². The average molecular weight is 195 g/mol. The number of aromatic nitrogens is 1. The van der Waals surface area contributed by atoms with Crippen LogP contribution >= 0.6 is 0 Å². The van der Waals surface area contributed by atoms with Gasteiger partial charge in [0.15, 0.2) is 0 Å². The van der Waals surface area contributed by atoms with Crippen LogP contribution in [0.5, 0.6) is 0 Å². The molecule has 4 nitrogen and oxygen atoms in total. The summed E-state index contributed by atoms with van der Waals surface area (Å²) in [6, 6.07) is 3.55. The summed E-state index contributed by atoms with van der Waals surface area (Å²) >= 11 is 0. The monoisotopic (exact) mass is 195 g/mol. The number of nitriles is 1. The Labute approximate surface area is 78.9 Å². The third-order valence-electron chi connectivity index (χ3n) is 1.59. The van der Waals surface area contributed by atoms with Crippen LogP contribution < -0.4 is 5.73 Å². The number of hydrogen-bond acceptors (Lipinski definition) is 4. The lowest BCUT2D eigenvalue weighted by atomic mass is 10.2. The molecule has 0 aromatic carbocycles. The van der Waals surface area contributed by atoms with Gasteiger partial charge in [-0.05, 0) is 18.6 Å². The quantitative estimate of drug-likeness (QED) is 0.710. The summed E-state index contributed by atoms with van der Waals surface area (Å²) in [7, 11) is -1.27. The SMILES string of the molecule is Cc1cc(N)nc(S(C)=O)c1C#N. The Morgan fingerprint density at radius 2 is 2.31 bits per heavy atom. The van der Waals surface area contributed by atoms with Crippen molar-refractivity contribution < 1.29 is 4.21 Å². The third kappa shape index (κ3) is 1.84. The fourth-order valence-corrected chi connectivity index (χ4v) is 1.74. The second-order valence-corrected chi connectivity index (χ2v) is 3.91. The van der Waals surface area contributed by atoms with Gasteiger partial charge in [-0.2, -0.15) is 5.26 Å². The Hall–Kier alpha value is -1.41. The van der Waals surface area contributed by atoms with Gasteiger partial charge in [0.1, 0.15) is 16.9 Å². The minimum absolute atomic E-state index is 0.264. The topological polar surface area (TPSA) is 79.8 Å². The molecule has 0 radical (unpaired) electrons. The lowest BCUT2D eigenvalue weighted by molar-refractivity contribution is 0.684. The van der Waals surface area contributed by atoms with Crippen LogP contribution in [0, 0.1) is 18.3 Å². The van der Waals surface area contributed by atoms with E-state index in [0.717, 1.165) is 0 Å². The minimum Gasteiger partial charge on any atom is -0.384 e. The molecular weight excluding hydrogens is 186 g/mol. The maximum absolute atomic E-state index is 11.2. The van der Waals surface area contributed by atoms with Crippen LogP contribution in [0.15, 0.2) is 11.1 Å². The predicted molar refractivity (Wildman–Crippen MR) is 50.4 cm³/mol. The predicted octanol–water partition coefficient (Wildman–Crippen LogP) is 0.581. The Bertz CT molecular complexity index is 409. The molecule has 0 spiro atoms. The first kappa shape index (κ1) is 9.68. The van der Waals surface area contributed by atoms with E-state index >= 15 is 0 Å². The van der Waals surface area contributed by atoms with Gasteiger partial charge in [-0.25, -0.2) is 4.98 Å². The molecule has 1 heterocycles. The molecule has 0 saturated carbocycles. The highest BCUT2D eigenvalue weighted by Gasteiger charge is 2.11. The third-order valence-corrected chi connectivity index (χ3v) is 2.43. The van der Waals surface area contributed by atoms with Crippen molar-refractivity contribution in [2.45, 2.75) is 11.9 Å². The van der Waals surface area contributed by atoms with Gasteiger partial charge in [-0.1, -0.05) is 0 Å². The highest BCUT2D eigenvalue weighted by Crippen LogP contribution is 2.16. The van der Waals surface area contributed by atoms with Crippen LogP contribution in [0.2, 0.25) is 0 Å². The molecule has 2 N–H and O–H groups in total. The molecular formula is C8H9N3OS. The fourth-order valence-electron chi connectivity index (χ4n) is 1.01. The molecule has 68 valence electrons. The molecule has 0 aliphatic rings. The Balaban J connectivity index is 3.50. The van der Waals surface area contributed by atoms with E-state index in [1.165, 1.54) is 6.26 Å². The van der Waals surface area contributed by atoms with Crippen molar-refractivity contribution in [1.82, 2.24) is 4.98 Å². The van der Waals surface area contributed by atoms with Crippen molar-refractivity contribution in [2.75, 3.05) is 12.0 Å². The Morgan fingerprint density at radius 1 is 1.69 bits per heavy atom. The van der Waals surface area contributed by atoms with Gasteiger partial charge in [-0.3, -0.25) is 4.21 Å². The molecule has 1 atom stereocenters. The largest absolute Gasteiger partial charge is 0.384 e. The van der Waals surface area contributed by atoms with Crippen LogP contribution in [-0.2, 0) is 10.8 Å². The van der Waals surface area contributed by atoms with E-state index in [2.05, 4.69) is 4.98 Å². The van der Waals surface area contributed by atoms with Gasteiger partial charge >= 0.3 is 0 Å². The van der Waals surface area contributed by atoms with Crippen LogP contribution in [0.1, 0.15) is 11.1 Å². The van der Waals surface area contributed by atoms with E-state index in [0.29, 0.717) is 16.9 Å². The zero-order chi connectivity index (χ0) is 10.0. The first-order valence-electron chi connectivity index (χ1n) is 3.57. The van der Waals surface area contributed by atoms with Gasteiger partial charge in [0.25, 0.3) is 0 Å². The highest BCUT2D eigenvalue weighted by atomic mass is 32.2. The van der Waals surface area contributed by atoms with Gasteiger partial charge in [0, 0.05) is 6.26 Å². The van der Waals surface area contributed by atoms with Crippen LogP contribution in [0.4, 0.5) is 5.82 Å². The van der Waals surface area contributed by atoms with E-state index < -0.39 is 10.8 Å². The Morgan fingerprint density at radius 3 is 2.77 bits per heavy atom. The number of hydrogen-bond donors (Lipinski definition) is 1. The number of aryl methyl sites for hydroxylation is 1.